The fourth-order valence-corrected chi connectivity index (χ4v) is 4.72. The monoisotopic (exact) mass is 221 g/mol. The molecule has 4 bridgehead atoms. The maximum atomic E-state index is 12.2. The molecule has 1 amide bonds. The summed E-state index contributed by atoms with van der Waals surface area (Å²) in [5, 5.41) is 3.12. The first-order valence-corrected chi connectivity index (χ1v) is 7.05. The maximum Gasteiger partial charge on any atom is 0.223 e. The van der Waals surface area contributed by atoms with Crippen LogP contribution in [0.15, 0.2) is 0 Å². The Morgan fingerprint density at radius 1 is 1.06 bits per heavy atom. The molecule has 2 heteroatoms. The molecule has 0 aromatic rings. The fraction of sp³-hybridized carbons (Fsp3) is 0.929. The number of amides is 1. The third-order valence-corrected chi connectivity index (χ3v) is 5.08. The molecule has 4 aliphatic carbocycles. The fourth-order valence-electron chi connectivity index (χ4n) is 4.72. The van der Waals surface area contributed by atoms with Crippen LogP contribution in [0, 0.1) is 29.6 Å². The SMILES string of the molecule is CCCNC(=O)C1C2CC3CC(C2)CC1C3. The van der Waals surface area contributed by atoms with Crippen LogP contribution in [0.5, 0.6) is 0 Å². The number of nitrogens with one attached hydrogen (secondary N) is 1. The van der Waals surface area contributed by atoms with Crippen LogP contribution < -0.4 is 5.32 Å². The largest absolute Gasteiger partial charge is 0.356 e. The molecule has 0 unspecified atom stereocenters. The van der Waals surface area contributed by atoms with E-state index in [-0.39, 0.29) is 0 Å². The first-order valence-electron chi connectivity index (χ1n) is 7.05. The molecule has 16 heavy (non-hydrogen) atoms. The van der Waals surface area contributed by atoms with Gasteiger partial charge in [-0.25, -0.2) is 0 Å². The van der Waals surface area contributed by atoms with Crippen molar-refractivity contribution in [3.05, 3.63) is 0 Å². The Morgan fingerprint density at radius 2 is 1.62 bits per heavy atom. The summed E-state index contributed by atoms with van der Waals surface area (Å²) in [6.07, 6.45) is 7.90. The van der Waals surface area contributed by atoms with E-state index >= 15 is 0 Å². The minimum atomic E-state index is 0.371. The zero-order valence-electron chi connectivity index (χ0n) is 10.2. The summed E-state index contributed by atoms with van der Waals surface area (Å²) in [5.41, 5.74) is 0. The highest BCUT2D eigenvalue weighted by Gasteiger charge is 2.50. The summed E-state index contributed by atoms with van der Waals surface area (Å²) >= 11 is 0. The number of carbonyl (C=O) groups excluding carboxylic acids is 1. The molecule has 0 spiro atoms. The van der Waals surface area contributed by atoms with E-state index < -0.39 is 0 Å². The average Bonchev–Trinajstić information content (AvgIpc) is 2.24. The van der Waals surface area contributed by atoms with E-state index in [1.165, 1.54) is 32.1 Å². The van der Waals surface area contributed by atoms with Gasteiger partial charge in [-0.05, 0) is 62.2 Å². The molecule has 2 nitrogen and oxygen atoms in total. The number of rotatable bonds is 3. The van der Waals surface area contributed by atoms with Crippen LogP contribution in [0.1, 0.15) is 45.4 Å². The summed E-state index contributed by atoms with van der Waals surface area (Å²) in [6, 6.07) is 0. The van der Waals surface area contributed by atoms with E-state index in [2.05, 4.69) is 12.2 Å². The second-order valence-corrected chi connectivity index (χ2v) is 6.25. The molecule has 4 saturated carbocycles. The van der Waals surface area contributed by atoms with Gasteiger partial charge in [0.1, 0.15) is 0 Å². The normalized spacial score (nSPS) is 44.7. The topological polar surface area (TPSA) is 29.1 Å². The van der Waals surface area contributed by atoms with Crippen LogP contribution in [0.3, 0.4) is 0 Å². The molecule has 0 aliphatic heterocycles. The van der Waals surface area contributed by atoms with E-state index in [0.717, 1.165) is 36.6 Å². The molecule has 0 radical (unpaired) electrons. The Bertz CT molecular complexity index is 258. The van der Waals surface area contributed by atoms with E-state index in [4.69, 9.17) is 0 Å². The van der Waals surface area contributed by atoms with Crippen LogP contribution in [-0.4, -0.2) is 12.5 Å². The van der Waals surface area contributed by atoms with Crippen molar-refractivity contribution in [1.82, 2.24) is 5.32 Å². The molecule has 0 aromatic heterocycles. The van der Waals surface area contributed by atoms with Gasteiger partial charge in [-0.3, -0.25) is 4.79 Å². The highest BCUT2D eigenvalue weighted by molar-refractivity contribution is 5.79. The lowest BCUT2D eigenvalue weighted by Gasteiger charge is -2.53. The number of carbonyl (C=O) groups is 1. The second-order valence-electron chi connectivity index (χ2n) is 6.25. The van der Waals surface area contributed by atoms with Crippen molar-refractivity contribution >= 4 is 5.91 Å². The van der Waals surface area contributed by atoms with Crippen molar-refractivity contribution in [3.8, 4) is 0 Å². The van der Waals surface area contributed by atoms with Gasteiger partial charge < -0.3 is 5.32 Å². The van der Waals surface area contributed by atoms with Crippen molar-refractivity contribution < 1.29 is 4.79 Å². The average molecular weight is 221 g/mol. The molecular weight excluding hydrogens is 198 g/mol. The van der Waals surface area contributed by atoms with Crippen LogP contribution in [-0.2, 0) is 4.79 Å². The van der Waals surface area contributed by atoms with E-state index in [1.54, 1.807) is 0 Å². The Balaban J connectivity index is 1.69. The molecule has 0 aromatic carbocycles. The smallest absolute Gasteiger partial charge is 0.223 e. The zero-order chi connectivity index (χ0) is 11.1. The molecule has 90 valence electrons. The Hall–Kier alpha value is -0.530. The highest BCUT2D eigenvalue weighted by atomic mass is 16.1. The van der Waals surface area contributed by atoms with Crippen LogP contribution >= 0.6 is 0 Å². The van der Waals surface area contributed by atoms with Crippen molar-refractivity contribution in [2.45, 2.75) is 45.4 Å². The number of hydrogen-bond donors (Lipinski definition) is 1. The van der Waals surface area contributed by atoms with Crippen molar-refractivity contribution in [2.24, 2.45) is 29.6 Å². The lowest BCUT2D eigenvalue weighted by molar-refractivity contribution is -0.138. The van der Waals surface area contributed by atoms with Gasteiger partial charge in [0, 0.05) is 12.5 Å². The third-order valence-electron chi connectivity index (χ3n) is 5.08. The van der Waals surface area contributed by atoms with Gasteiger partial charge in [-0.1, -0.05) is 6.92 Å². The van der Waals surface area contributed by atoms with Gasteiger partial charge in [0.05, 0.1) is 0 Å². The van der Waals surface area contributed by atoms with Gasteiger partial charge in [0.25, 0.3) is 0 Å². The third kappa shape index (κ3) is 1.66. The summed E-state index contributed by atoms with van der Waals surface area (Å²) in [5.74, 6) is 4.15. The highest BCUT2D eigenvalue weighted by Crippen LogP contribution is 2.56. The van der Waals surface area contributed by atoms with Crippen molar-refractivity contribution in [1.29, 1.82) is 0 Å². The Kier molecular flexibility index (Phi) is 2.68. The minimum Gasteiger partial charge on any atom is -0.356 e. The van der Waals surface area contributed by atoms with Gasteiger partial charge in [0.15, 0.2) is 0 Å². The van der Waals surface area contributed by atoms with E-state index in [1.807, 2.05) is 0 Å². The summed E-state index contributed by atoms with van der Waals surface area (Å²) in [4.78, 5) is 12.2. The molecule has 0 atom stereocenters. The predicted octanol–water partition coefficient (Wildman–Crippen LogP) is 2.58. The summed E-state index contributed by atoms with van der Waals surface area (Å²) in [6.45, 7) is 2.98. The van der Waals surface area contributed by atoms with Crippen LogP contribution in [0.2, 0.25) is 0 Å². The number of hydrogen-bond acceptors (Lipinski definition) is 1. The first kappa shape index (κ1) is 10.6. The summed E-state index contributed by atoms with van der Waals surface area (Å²) in [7, 11) is 0. The van der Waals surface area contributed by atoms with Gasteiger partial charge in [0.2, 0.25) is 5.91 Å². The van der Waals surface area contributed by atoms with Crippen LogP contribution in [0.25, 0.3) is 0 Å². The molecule has 4 aliphatic rings. The Labute approximate surface area is 98.2 Å². The molecule has 4 rings (SSSR count). The minimum absolute atomic E-state index is 0.371. The van der Waals surface area contributed by atoms with Crippen molar-refractivity contribution in [3.63, 3.8) is 0 Å². The lowest BCUT2D eigenvalue weighted by atomic mass is 9.51. The standard InChI is InChI=1S/C14H23NO/c1-2-3-15-14(16)13-11-5-9-4-10(7-11)8-12(13)6-9/h9-13H,2-8H2,1H3,(H,15,16). The second kappa shape index (κ2) is 4.05. The molecule has 0 saturated heterocycles. The zero-order valence-corrected chi connectivity index (χ0v) is 10.2. The van der Waals surface area contributed by atoms with E-state index in [9.17, 15) is 4.79 Å². The van der Waals surface area contributed by atoms with Crippen LogP contribution in [0.4, 0.5) is 0 Å². The Morgan fingerprint density at radius 3 is 2.12 bits per heavy atom. The molecule has 1 N–H and O–H groups in total. The lowest BCUT2D eigenvalue weighted by Crippen LogP contribution is -2.51. The molecular formula is C14H23NO. The molecule has 0 heterocycles. The maximum absolute atomic E-state index is 12.2. The van der Waals surface area contributed by atoms with Crippen molar-refractivity contribution in [2.75, 3.05) is 6.54 Å². The van der Waals surface area contributed by atoms with Gasteiger partial charge >= 0.3 is 0 Å². The van der Waals surface area contributed by atoms with E-state index in [0.29, 0.717) is 11.8 Å². The van der Waals surface area contributed by atoms with Gasteiger partial charge in [-0.2, -0.15) is 0 Å². The quantitative estimate of drug-likeness (QED) is 0.779. The first-order chi connectivity index (χ1) is 7.78. The van der Waals surface area contributed by atoms with Gasteiger partial charge in [-0.15, -0.1) is 0 Å². The summed E-state index contributed by atoms with van der Waals surface area (Å²) < 4.78 is 0. The molecule has 4 fully saturated rings. The predicted molar refractivity (Wildman–Crippen MR) is 63.8 cm³/mol.